The summed E-state index contributed by atoms with van der Waals surface area (Å²) in [6, 6.07) is 32.6. The summed E-state index contributed by atoms with van der Waals surface area (Å²) < 4.78 is 11.0. The maximum Gasteiger partial charge on any atom is 0.119 e. The molecule has 4 heteroatoms. The first-order valence-electron chi connectivity index (χ1n) is 11.8. The van der Waals surface area contributed by atoms with Crippen LogP contribution < -0.4 is 9.47 Å². The first-order valence-corrected chi connectivity index (χ1v) is 11.8. The minimum atomic E-state index is 0.807. The molecule has 6 aromatic rings. The van der Waals surface area contributed by atoms with E-state index < -0.39 is 0 Å². The lowest BCUT2D eigenvalue weighted by Crippen LogP contribution is -1.87. The summed E-state index contributed by atoms with van der Waals surface area (Å²) in [5, 5.41) is 2.18. The Kier molecular flexibility index (Phi) is 5.44. The molecule has 4 aromatic carbocycles. The van der Waals surface area contributed by atoms with Gasteiger partial charge in [-0.1, -0.05) is 72.5 Å². The number of H-pyrrole nitrogens is 2. The molecule has 2 aromatic heterocycles. The van der Waals surface area contributed by atoms with E-state index in [1.54, 1.807) is 14.2 Å². The van der Waals surface area contributed by atoms with Crippen molar-refractivity contribution in [3.8, 4) is 45.9 Å². The van der Waals surface area contributed by atoms with Crippen molar-refractivity contribution in [2.45, 2.75) is 0 Å². The number of para-hydroxylation sites is 2. The number of hydrogen-bond donors (Lipinski definition) is 2. The van der Waals surface area contributed by atoms with E-state index in [-0.39, 0.29) is 0 Å². The number of nitrogens with one attached hydrogen (secondary N) is 2. The van der Waals surface area contributed by atoms with Crippen molar-refractivity contribution in [3.63, 3.8) is 0 Å². The fraction of sp³-hybridized carbons (Fsp3) is 0.0625. The summed E-state index contributed by atoms with van der Waals surface area (Å²) in [4.78, 5) is 7.16. The van der Waals surface area contributed by atoms with E-state index in [4.69, 9.17) is 9.47 Å². The number of fused-ring (bicyclic) bond motifs is 2. The second-order valence-electron chi connectivity index (χ2n) is 8.56. The third-order valence-corrected chi connectivity index (χ3v) is 6.44. The van der Waals surface area contributed by atoms with Gasteiger partial charge in [0, 0.05) is 32.9 Å². The first kappa shape index (κ1) is 21.6. The molecule has 0 aliphatic rings. The lowest BCUT2D eigenvalue weighted by atomic mass is 10.0. The van der Waals surface area contributed by atoms with Gasteiger partial charge in [-0.15, -0.1) is 0 Å². The Balaban J connectivity index is 1.58. The van der Waals surface area contributed by atoms with Gasteiger partial charge in [-0.2, -0.15) is 0 Å². The average Bonchev–Trinajstić information content (AvgIpc) is 3.50. The Bertz CT molecular complexity index is 1650. The molecule has 0 aliphatic carbocycles. The van der Waals surface area contributed by atoms with E-state index in [2.05, 4.69) is 58.2 Å². The van der Waals surface area contributed by atoms with Crippen molar-refractivity contribution in [2.75, 3.05) is 14.2 Å². The zero-order valence-corrected chi connectivity index (χ0v) is 20.1. The van der Waals surface area contributed by atoms with Crippen molar-refractivity contribution >= 4 is 21.8 Å². The molecule has 4 nitrogen and oxygen atoms in total. The van der Waals surface area contributed by atoms with Gasteiger partial charge in [0.25, 0.3) is 0 Å². The number of rotatable bonds is 4. The number of aromatic nitrogens is 2. The van der Waals surface area contributed by atoms with Gasteiger partial charge >= 0.3 is 0 Å². The largest absolute Gasteiger partial charge is 0.497 e. The maximum atomic E-state index is 5.48. The lowest BCUT2D eigenvalue weighted by Gasteiger charge is -2.04. The second-order valence-corrected chi connectivity index (χ2v) is 8.56. The van der Waals surface area contributed by atoms with Crippen molar-refractivity contribution in [3.05, 3.63) is 108 Å². The Morgan fingerprint density at radius 1 is 0.528 bits per heavy atom. The Hall–Kier alpha value is -4.88. The van der Waals surface area contributed by atoms with Gasteiger partial charge in [0.2, 0.25) is 0 Å². The smallest absolute Gasteiger partial charge is 0.119 e. The third-order valence-electron chi connectivity index (χ3n) is 6.44. The highest BCUT2D eigenvalue weighted by atomic mass is 16.5. The van der Waals surface area contributed by atoms with Gasteiger partial charge in [0.15, 0.2) is 0 Å². The number of ether oxygens (including phenoxy) is 2. The number of methoxy groups -OCH3 is 2. The van der Waals surface area contributed by atoms with Crippen molar-refractivity contribution in [1.29, 1.82) is 0 Å². The standard InChI is InChI=1S/C32H24N2O2/c1-35-23-11-7-9-21(19-23)31-27(25-13-3-5-15-29(25)33-31)17-18-28-26-14-4-6-16-30(26)34-32(28)22-10-8-12-24(20-22)36-2/h3-16,19-20,33-34H,1-2H3. The lowest BCUT2D eigenvalue weighted by molar-refractivity contribution is 0.415. The Morgan fingerprint density at radius 3 is 1.42 bits per heavy atom. The summed E-state index contributed by atoms with van der Waals surface area (Å²) in [6.07, 6.45) is 0. The first-order chi connectivity index (χ1) is 17.7. The molecule has 0 amide bonds. The molecule has 0 bridgehead atoms. The minimum Gasteiger partial charge on any atom is -0.497 e. The predicted octanol–water partition coefficient (Wildman–Crippen LogP) is 7.40. The molecular weight excluding hydrogens is 444 g/mol. The van der Waals surface area contributed by atoms with Gasteiger partial charge in [-0.25, -0.2) is 0 Å². The van der Waals surface area contributed by atoms with E-state index in [0.717, 1.165) is 66.9 Å². The van der Waals surface area contributed by atoms with Crippen molar-refractivity contribution in [1.82, 2.24) is 9.97 Å². The molecule has 36 heavy (non-hydrogen) atoms. The summed E-state index contributed by atoms with van der Waals surface area (Å²) in [7, 11) is 3.37. The van der Waals surface area contributed by atoms with Gasteiger partial charge in [-0.3, -0.25) is 0 Å². The maximum absolute atomic E-state index is 5.48. The molecule has 0 unspecified atom stereocenters. The Labute approximate surface area is 209 Å². The summed E-state index contributed by atoms with van der Waals surface area (Å²) in [6.45, 7) is 0. The highest BCUT2D eigenvalue weighted by Crippen LogP contribution is 2.34. The minimum absolute atomic E-state index is 0.807. The van der Waals surface area contributed by atoms with Gasteiger partial charge in [-0.05, 0) is 36.4 Å². The fourth-order valence-corrected chi connectivity index (χ4v) is 4.66. The van der Waals surface area contributed by atoms with Crippen LogP contribution in [0.1, 0.15) is 11.1 Å². The van der Waals surface area contributed by atoms with Crippen LogP contribution in [-0.2, 0) is 0 Å². The van der Waals surface area contributed by atoms with Crippen molar-refractivity contribution < 1.29 is 9.47 Å². The highest BCUT2D eigenvalue weighted by Gasteiger charge is 2.15. The normalized spacial score (nSPS) is 10.8. The summed E-state index contributed by atoms with van der Waals surface area (Å²) in [5.74, 6) is 8.68. The molecule has 2 N–H and O–H groups in total. The van der Waals surface area contributed by atoms with Gasteiger partial charge in [0.1, 0.15) is 11.5 Å². The topological polar surface area (TPSA) is 50.0 Å². The van der Waals surface area contributed by atoms with Crippen LogP contribution in [0.2, 0.25) is 0 Å². The second kappa shape index (κ2) is 9.05. The summed E-state index contributed by atoms with van der Waals surface area (Å²) >= 11 is 0. The van der Waals surface area contributed by atoms with Gasteiger partial charge < -0.3 is 19.4 Å². The molecule has 0 spiro atoms. The number of aromatic amines is 2. The molecule has 0 aliphatic heterocycles. The molecule has 2 heterocycles. The van der Waals surface area contributed by atoms with Crippen LogP contribution in [0.25, 0.3) is 44.3 Å². The van der Waals surface area contributed by atoms with Crippen LogP contribution in [0.5, 0.6) is 11.5 Å². The van der Waals surface area contributed by atoms with Crippen molar-refractivity contribution in [2.24, 2.45) is 0 Å². The van der Waals surface area contributed by atoms with E-state index in [0.29, 0.717) is 0 Å². The Morgan fingerprint density at radius 2 is 0.972 bits per heavy atom. The predicted molar refractivity (Wildman–Crippen MR) is 147 cm³/mol. The quantitative estimate of drug-likeness (QED) is 0.265. The van der Waals surface area contributed by atoms with E-state index in [1.807, 2.05) is 60.7 Å². The third kappa shape index (κ3) is 3.77. The monoisotopic (exact) mass is 468 g/mol. The molecule has 174 valence electrons. The molecule has 0 fully saturated rings. The summed E-state index contributed by atoms with van der Waals surface area (Å²) in [5.41, 5.74) is 8.03. The van der Waals surface area contributed by atoms with Crippen LogP contribution >= 0.6 is 0 Å². The highest BCUT2D eigenvalue weighted by molar-refractivity contribution is 5.97. The van der Waals surface area contributed by atoms with Crippen LogP contribution in [-0.4, -0.2) is 24.2 Å². The molecular formula is C32H24N2O2. The molecule has 0 saturated carbocycles. The molecule has 0 radical (unpaired) electrons. The molecule has 6 rings (SSSR count). The number of hydrogen-bond acceptors (Lipinski definition) is 2. The molecule has 0 saturated heterocycles. The van der Waals surface area contributed by atoms with Crippen LogP contribution in [0.4, 0.5) is 0 Å². The van der Waals surface area contributed by atoms with E-state index >= 15 is 0 Å². The van der Waals surface area contributed by atoms with E-state index in [9.17, 15) is 0 Å². The zero-order chi connectivity index (χ0) is 24.5. The van der Waals surface area contributed by atoms with Crippen LogP contribution in [0.15, 0.2) is 97.1 Å². The van der Waals surface area contributed by atoms with Gasteiger partial charge in [0.05, 0.1) is 36.7 Å². The van der Waals surface area contributed by atoms with Crippen LogP contribution in [0, 0.1) is 11.8 Å². The number of benzene rings is 4. The van der Waals surface area contributed by atoms with Crippen LogP contribution in [0.3, 0.4) is 0 Å². The van der Waals surface area contributed by atoms with E-state index in [1.165, 1.54) is 0 Å². The zero-order valence-electron chi connectivity index (χ0n) is 20.1. The average molecular weight is 469 g/mol. The molecule has 0 atom stereocenters. The fourth-order valence-electron chi connectivity index (χ4n) is 4.66. The SMILES string of the molecule is COc1cccc(-c2[nH]c3ccccc3c2C#Cc2c(-c3cccc(OC)c3)[nH]c3ccccc23)c1.